The largest absolute Gasteiger partial charge is 0.493 e. The Morgan fingerprint density at radius 1 is 1.07 bits per heavy atom. The van der Waals surface area contributed by atoms with E-state index in [0.29, 0.717) is 11.8 Å². The van der Waals surface area contributed by atoms with Crippen LogP contribution < -0.4 is 9.47 Å². The average molecular weight is 397 g/mol. The number of methoxy groups -OCH3 is 2. The van der Waals surface area contributed by atoms with Gasteiger partial charge in [0.15, 0.2) is 11.5 Å². The lowest BCUT2D eigenvalue weighted by Crippen LogP contribution is -2.40. The van der Waals surface area contributed by atoms with Crippen molar-refractivity contribution in [1.29, 1.82) is 0 Å². The Hall–Kier alpha value is -3.23. The van der Waals surface area contributed by atoms with Crippen molar-refractivity contribution in [2.45, 2.75) is 6.42 Å². The van der Waals surface area contributed by atoms with Crippen molar-refractivity contribution in [1.82, 2.24) is 5.01 Å². The first-order valence-corrected chi connectivity index (χ1v) is 9.46. The molecule has 0 aromatic heterocycles. The number of nitro groups is 1. The summed E-state index contributed by atoms with van der Waals surface area (Å²) in [6.07, 6.45) is 6.41. The zero-order valence-electron chi connectivity index (χ0n) is 15.8. The summed E-state index contributed by atoms with van der Waals surface area (Å²) >= 11 is 0. The molecule has 0 radical (unpaired) electrons. The second-order valence-corrected chi connectivity index (χ2v) is 7.91. The van der Waals surface area contributed by atoms with Gasteiger partial charge < -0.3 is 9.47 Å². The Balaban J connectivity index is 1.48. The molecule has 3 fully saturated rings. The monoisotopic (exact) mass is 397 g/mol. The van der Waals surface area contributed by atoms with Crippen molar-refractivity contribution in [2.24, 2.45) is 40.6 Å². The minimum atomic E-state index is -0.575. The topological polar surface area (TPSA) is 111 Å². The minimum Gasteiger partial charge on any atom is -0.493 e. The van der Waals surface area contributed by atoms with E-state index < -0.39 is 4.92 Å². The van der Waals surface area contributed by atoms with E-state index in [4.69, 9.17) is 9.47 Å². The Morgan fingerprint density at radius 3 is 2.14 bits per heavy atom. The van der Waals surface area contributed by atoms with Crippen LogP contribution in [0.1, 0.15) is 12.0 Å². The molecule has 1 saturated heterocycles. The van der Waals surface area contributed by atoms with Crippen LogP contribution in [-0.2, 0) is 9.59 Å². The van der Waals surface area contributed by atoms with Gasteiger partial charge in [-0.25, -0.2) is 0 Å². The fraction of sp³-hybridized carbons (Fsp3) is 0.450. The summed E-state index contributed by atoms with van der Waals surface area (Å²) in [4.78, 5) is 36.8. The number of nitro benzene ring substituents is 1. The van der Waals surface area contributed by atoms with Gasteiger partial charge >= 0.3 is 0 Å². The van der Waals surface area contributed by atoms with Gasteiger partial charge in [0.1, 0.15) is 0 Å². The van der Waals surface area contributed by atoms with Gasteiger partial charge in [0.25, 0.3) is 17.5 Å². The lowest BCUT2D eigenvalue weighted by atomic mass is 9.63. The quantitative estimate of drug-likeness (QED) is 0.247. The van der Waals surface area contributed by atoms with E-state index in [0.717, 1.165) is 11.4 Å². The van der Waals surface area contributed by atoms with Crippen LogP contribution in [0.3, 0.4) is 0 Å². The minimum absolute atomic E-state index is 0.0991. The summed E-state index contributed by atoms with van der Waals surface area (Å²) in [7, 11) is 2.79. The second kappa shape index (κ2) is 6.13. The first-order valence-electron chi connectivity index (χ1n) is 9.46. The lowest BCUT2D eigenvalue weighted by Gasteiger charge is -2.37. The van der Waals surface area contributed by atoms with E-state index in [1.807, 2.05) is 0 Å². The first kappa shape index (κ1) is 17.8. The number of nitrogens with zero attached hydrogens (tertiary/aromatic N) is 3. The number of rotatable bonds is 5. The second-order valence-electron chi connectivity index (χ2n) is 7.91. The Labute approximate surface area is 166 Å². The van der Waals surface area contributed by atoms with Gasteiger partial charge in [-0.3, -0.25) is 19.7 Å². The van der Waals surface area contributed by atoms with Crippen molar-refractivity contribution in [3.05, 3.63) is 40.0 Å². The maximum Gasteiger partial charge on any atom is 0.282 e. The Kier molecular flexibility index (Phi) is 3.77. The molecule has 0 spiro atoms. The summed E-state index contributed by atoms with van der Waals surface area (Å²) in [5, 5.41) is 16.4. The molecule has 4 aliphatic carbocycles. The van der Waals surface area contributed by atoms with Crippen LogP contribution in [0.25, 0.3) is 0 Å². The summed E-state index contributed by atoms with van der Waals surface area (Å²) in [6.45, 7) is 0. The van der Waals surface area contributed by atoms with Gasteiger partial charge in [-0.15, -0.1) is 0 Å². The van der Waals surface area contributed by atoms with E-state index in [1.165, 1.54) is 32.6 Å². The van der Waals surface area contributed by atoms with Crippen LogP contribution >= 0.6 is 0 Å². The molecule has 6 rings (SSSR count). The number of benzene rings is 1. The number of hydrazone groups is 1. The van der Waals surface area contributed by atoms with E-state index >= 15 is 0 Å². The van der Waals surface area contributed by atoms with E-state index in [1.54, 1.807) is 0 Å². The van der Waals surface area contributed by atoms with Crippen LogP contribution in [0, 0.1) is 45.6 Å². The number of hydrogen-bond donors (Lipinski definition) is 0. The van der Waals surface area contributed by atoms with E-state index in [-0.39, 0.29) is 58.2 Å². The standard InChI is InChI=1S/C20H19N3O6/c1-28-15-5-9(14(23(26)27)7-16(15)29-2)8-21-22-19(24)17-10-3-4-11(13-6-12(10)13)18(17)20(22)25/h3-5,7-8,10-13,17-18H,6H2,1-2H3/b21-8-/t10-,11+,12-,13-,17+,18-/m1/s1. The van der Waals surface area contributed by atoms with Crippen LogP contribution in [-0.4, -0.2) is 42.2 Å². The molecule has 0 N–H and O–H groups in total. The Morgan fingerprint density at radius 2 is 1.62 bits per heavy atom. The van der Waals surface area contributed by atoms with Gasteiger partial charge in [0.05, 0.1) is 48.8 Å². The fourth-order valence-electron chi connectivity index (χ4n) is 5.32. The molecule has 150 valence electrons. The lowest BCUT2D eigenvalue weighted by molar-refractivity contribution is -0.385. The third-order valence-corrected chi connectivity index (χ3v) is 6.68. The predicted molar refractivity (Wildman–Crippen MR) is 100 cm³/mol. The molecule has 0 unspecified atom stereocenters. The molecule has 1 aliphatic heterocycles. The van der Waals surface area contributed by atoms with Crippen LogP contribution in [0.15, 0.2) is 29.4 Å². The van der Waals surface area contributed by atoms with Gasteiger partial charge in [-0.05, 0) is 36.2 Å². The molecule has 1 heterocycles. The summed E-state index contributed by atoms with van der Waals surface area (Å²) in [5.41, 5.74) is -0.141. The molecule has 2 bridgehead atoms. The van der Waals surface area contributed by atoms with Crippen LogP contribution in [0.5, 0.6) is 11.5 Å². The van der Waals surface area contributed by atoms with Crippen molar-refractivity contribution in [2.75, 3.05) is 14.2 Å². The highest BCUT2D eigenvalue weighted by Crippen LogP contribution is 2.65. The smallest absolute Gasteiger partial charge is 0.282 e. The number of imide groups is 1. The third-order valence-electron chi connectivity index (χ3n) is 6.68. The van der Waals surface area contributed by atoms with Gasteiger partial charge in [-0.1, -0.05) is 12.2 Å². The molecule has 9 nitrogen and oxygen atoms in total. The maximum absolute atomic E-state index is 12.9. The number of carbonyl (C=O) groups is 2. The first-order chi connectivity index (χ1) is 14.0. The molecule has 1 aromatic carbocycles. The molecule has 1 aromatic rings. The molecular weight excluding hydrogens is 378 g/mol. The highest BCUT2D eigenvalue weighted by Gasteiger charge is 2.67. The zero-order valence-corrected chi connectivity index (χ0v) is 15.8. The molecule has 5 aliphatic rings. The number of carbonyl (C=O) groups excluding carboxylic acids is 2. The predicted octanol–water partition coefficient (Wildman–Crippen LogP) is 2.00. The van der Waals surface area contributed by atoms with Crippen molar-refractivity contribution in [3.63, 3.8) is 0 Å². The SMILES string of the molecule is COc1cc(/C=N\N2C(=O)[C@@H]3[C@H]4C=C[C@H]([C@H]5C[C@H]45)[C@@H]3C2=O)c([N+](=O)[O-])cc1OC. The zero-order chi connectivity index (χ0) is 20.4. The van der Waals surface area contributed by atoms with Crippen LogP contribution in [0.2, 0.25) is 0 Å². The maximum atomic E-state index is 12.9. The summed E-state index contributed by atoms with van der Waals surface area (Å²) in [5.74, 6) is 0.333. The van der Waals surface area contributed by atoms with Gasteiger partial charge in [0, 0.05) is 0 Å². The number of hydrogen-bond acceptors (Lipinski definition) is 7. The molecular formula is C20H19N3O6. The number of ether oxygens (including phenoxy) is 2. The number of allylic oxidation sites excluding steroid dienone is 2. The summed E-state index contributed by atoms with van der Waals surface area (Å²) in [6, 6.07) is 2.63. The summed E-state index contributed by atoms with van der Waals surface area (Å²) < 4.78 is 10.3. The Bertz CT molecular complexity index is 966. The molecule has 9 heteroatoms. The van der Waals surface area contributed by atoms with Crippen molar-refractivity contribution in [3.8, 4) is 11.5 Å². The third kappa shape index (κ3) is 2.43. The normalized spacial score (nSPS) is 33.8. The van der Waals surface area contributed by atoms with Crippen LogP contribution in [0.4, 0.5) is 5.69 Å². The van der Waals surface area contributed by atoms with Gasteiger partial charge in [-0.2, -0.15) is 10.1 Å². The molecule has 2 saturated carbocycles. The molecule has 6 atom stereocenters. The van der Waals surface area contributed by atoms with Gasteiger partial charge in [0.2, 0.25) is 0 Å². The van der Waals surface area contributed by atoms with E-state index in [9.17, 15) is 19.7 Å². The number of amides is 2. The van der Waals surface area contributed by atoms with E-state index in [2.05, 4.69) is 17.3 Å². The average Bonchev–Trinajstić information content (AvgIpc) is 3.50. The fourth-order valence-corrected chi connectivity index (χ4v) is 5.32. The molecule has 2 amide bonds. The van der Waals surface area contributed by atoms with Crippen molar-refractivity contribution >= 4 is 23.7 Å². The highest BCUT2D eigenvalue weighted by molar-refractivity contribution is 6.06. The van der Waals surface area contributed by atoms with Crippen molar-refractivity contribution < 1.29 is 24.0 Å². The molecule has 29 heavy (non-hydrogen) atoms. The highest BCUT2D eigenvalue weighted by atomic mass is 16.6.